The van der Waals surface area contributed by atoms with E-state index >= 15 is 0 Å². The molecule has 154 valence electrons. The lowest BCUT2D eigenvalue weighted by molar-refractivity contribution is 0.482. The highest BCUT2D eigenvalue weighted by Crippen LogP contribution is 2.32. The third kappa shape index (κ3) is 4.92. The first-order valence-electron chi connectivity index (χ1n) is 7.99. The van der Waals surface area contributed by atoms with Gasteiger partial charge >= 0.3 is 0 Å². The lowest BCUT2D eigenvalue weighted by atomic mass is 10.3. The van der Waals surface area contributed by atoms with Crippen molar-refractivity contribution < 1.29 is 30.0 Å². The maximum Gasteiger partial charge on any atom is 0.296 e. The van der Waals surface area contributed by atoms with Crippen molar-refractivity contribution in [1.29, 1.82) is 0 Å². The van der Waals surface area contributed by atoms with Gasteiger partial charge in [0.05, 0.1) is 39.1 Å². The highest BCUT2D eigenvalue weighted by Gasteiger charge is 2.27. The van der Waals surface area contributed by atoms with Gasteiger partial charge in [0, 0.05) is 4.90 Å². The molecule has 1 aromatic heterocycles. The van der Waals surface area contributed by atoms with Crippen LogP contribution in [0, 0.1) is 0 Å². The van der Waals surface area contributed by atoms with Gasteiger partial charge in [0.2, 0.25) is 10.0 Å². The molecule has 0 fully saturated rings. The van der Waals surface area contributed by atoms with E-state index < -0.39 is 40.7 Å². The molecule has 0 radical (unpaired) electrons. The number of rotatable bonds is 7. The molecule has 1 heterocycles. The largest absolute Gasteiger partial charge is 0.467 e. The second-order valence-corrected chi connectivity index (χ2v) is 10.2. The van der Waals surface area contributed by atoms with Crippen LogP contribution in [-0.4, -0.2) is 25.6 Å². The Balaban J connectivity index is 2.20. The lowest BCUT2D eigenvalue weighted by Gasteiger charge is -2.15. The third-order valence-corrected chi connectivity index (χ3v) is 7.23. The van der Waals surface area contributed by atoms with Crippen LogP contribution in [-0.2, 0) is 37.5 Å². The number of nitrogens with two attached hydrogens (primary N) is 1. The van der Waals surface area contributed by atoms with E-state index in [-0.39, 0.29) is 22.0 Å². The van der Waals surface area contributed by atoms with Gasteiger partial charge in [-0.25, -0.2) is 17.8 Å². The van der Waals surface area contributed by atoms with Crippen molar-refractivity contribution in [2.75, 3.05) is 5.32 Å². The maximum absolute atomic E-state index is 13.0. The average molecular weight is 457 g/mol. The van der Waals surface area contributed by atoms with Crippen molar-refractivity contribution in [3.8, 4) is 0 Å². The fourth-order valence-electron chi connectivity index (χ4n) is 2.53. The van der Waals surface area contributed by atoms with Crippen LogP contribution in [0.15, 0.2) is 84.9 Å². The van der Waals surface area contributed by atoms with Crippen molar-refractivity contribution in [3.05, 3.63) is 66.6 Å². The maximum atomic E-state index is 13.0. The van der Waals surface area contributed by atoms with E-state index in [9.17, 15) is 25.6 Å². The van der Waals surface area contributed by atoms with Crippen molar-refractivity contribution in [2.24, 2.45) is 5.14 Å². The van der Waals surface area contributed by atoms with E-state index in [1.54, 1.807) is 30.3 Å². The van der Waals surface area contributed by atoms with Gasteiger partial charge in [0.1, 0.15) is 10.7 Å². The summed E-state index contributed by atoms with van der Waals surface area (Å²) in [5, 5.41) is 7.96. The highest BCUT2D eigenvalue weighted by molar-refractivity contribution is 7.91. The topological polar surface area (TPSA) is 157 Å². The first-order valence-corrected chi connectivity index (χ1v) is 12.1. The smallest absolute Gasteiger partial charge is 0.296 e. The molecule has 0 saturated carbocycles. The molecule has 0 amide bonds. The minimum atomic E-state index is -4.83. The first-order chi connectivity index (χ1) is 13.6. The number of nitrogens with one attached hydrogen (secondary N) is 1. The van der Waals surface area contributed by atoms with E-state index in [4.69, 9.17) is 9.56 Å². The quantitative estimate of drug-likeness (QED) is 0.455. The molecule has 1 atom stereocenters. The number of furan rings is 1. The van der Waals surface area contributed by atoms with Crippen molar-refractivity contribution in [3.63, 3.8) is 0 Å². The van der Waals surface area contributed by atoms with Gasteiger partial charge in [0.25, 0.3) is 10.1 Å². The van der Waals surface area contributed by atoms with Crippen LogP contribution in [0.4, 0.5) is 5.69 Å². The average Bonchev–Trinajstić information content (AvgIpc) is 3.18. The summed E-state index contributed by atoms with van der Waals surface area (Å²) in [6.45, 7) is 0.0294. The Hall–Kier alpha value is -2.51. The van der Waals surface area contributed by atoms with Gasteiger partial charge < -0.3 is 9.73 Å². The molecular formula is C17H16N2O7S3. The Morgan fingerprint density at radius 1 is 1.00 bits per heavy atom. The van der Waals surface area contributed by atoms with E-state index in [0.717, 1.165) is 6.07 Å². The normalized spacial score (nSPS) is 13.2. The minimum absolute atomic E-state index is 0.0294. The zero-order valence-corrected chi connectivity index (χ0v) is 17.1. The summed E-state index contributed by atoms with van der Waals surface area (Å²) in [6, 6.07) is 13.0. The van der Waals surface area contributed by atoms with Crippen LogP contribution in [0.2, 0.25) is 0 Å². The molecule has 9 nitrogen and oxygen atoms in total. The lowest BCUT2D eigenvalue weighted by Crippen LogP contribution is -2.17. The molecule has 29 heavy (non-hydrogen) atoms. The second kappa shape index (κ2) is 8.08. The van der Waals surface area contributed by atoms with Crippen LogP contribution in [0.5, 0.6) is 0 Å². The van der Waals surface area contributed by atoms with Crippen LogP contribution in [0.1, 0.15) is 5.76 Å². The van der Waals surface area contributed by atoms with Crippen molar-refractivity contribution in [1.82, 2.24) is 0 Å². The van der Waals surface area contributed by atoms with Gasteiger partial charge in [-0.1, -0.05) is 18.2 Å². The fraction of sp³-hybridized carbons (Fsp3) is 0.0588. The molecule has 0 saturated heterocycles. The Morgan fingerprint density at radius 2 is 1.69 bits per heavy atom. The molecule has 2 aromatic carbocycles. The summed E-state index contributed by atoms with van der Waals surface area (Å²) in [4.78, 5) is -1.33. The first kappa shape index (κ1) is 21.2. The van der Waals surface area contributed by atoms with E-state index in [0.29, 0.717) is 11.8 Å². The number of anilines is 1. The number of primary sulfonamides is 1. The molecule has 1 unspecified atom stereocenters. The number of hydrogen-bond donors (Lipinski definition) is 3. The summed E-state index contributed by atoms with van der Waals surface area (Å²) in [6.07, 6.45) is 1.42. The Bertz CT molecular complexity index is 1250. The summed E-state index contributed by atoms with van der Waals surface area (Å²) < 4.78 is 75.5. The summed E-state index contributed by atoms with van der Waals surface area (Å²) in [5.74, 6) is 0.451. The molecule has 4 N–H and O–H groups in total. The van der Waals surface area contributed by atoms with Crippen LogP contribution in [0.25, 0.3) is 0 Å². The Morgan fingerprint density at radius 3 is 2.24 bits per heavy atom. The number of sulfonamides is 1. The molecule has 0 aliphatic carbocycles. The number of benzene rings is 2. The zero-order chi connectivity index (χ0) is 21.2. The minimum Gasteiger partial charge on any atom is -0.467 e. The molecule has 0 aliphatic rings. The standard InChI is InChI=1S/C17H16N2O7S3/c18-28(21,22)17-10-16(29(23,24)25)14(19-11-12-5-4-8-26-12)9-15(17)27(20)13-6-2-1-3-7-13/h1-10,19H,11H2,(H2,18,21,22)(H,23,24,25). The predicted molar refractivity (Wildman–Crippen MR) is 105 cm³/mol. The summed E-state index contributed by atoms with van der Waals surface area (Å²) >= 11 is 0. The van der Waals surface area contributed by atoms with Crippen LogP contribution < -0.4 is 10.5 Å². The molecule has 3 rings (SSSR count). The van der Waals surface area contributed by atoms with E-state index in [1.807, 2.05) is 0 Å². The van der Waals surface area contributed by atoms with Crippen LogP contribution in [0.3, 0.4) is 0 Å². The van der Waals surface area contributed by atoms with Gasteiger partial charge in [0.15, 0.2) is 0 Å². The third-order valence-electron chi connectivity index (χ3n) is 3.82. The fourth-order valence-corrected chi connectivity index (χ4v) is 5.60. The van der Waals surface area contributed by atoms with Crippen LogP contribution >= 0.6 is 0 Å². The van der Waals surface area contributed by atoms with Gasteiger partial charge in [-0.3, -0.25) is 4.55 Å². The second-order valence-electron chi connectivity index (χ2n) is 5.83. The molecule has 3 aromatic rings. The molecule has 12 heteroatoms. The number of hydrogen-bond acceptors (Lipinski definition) is 7. The summed E-state index contributed by atoms with van der Waals surface area (Å²) in [5.41, 5.74) is -0.157. The van der Waals surface area contributed by atoms with E-state index in [2.05, 4.69) is 5.32 Å². The van der Waals surface area contributed by atoms with Crippen molar-refractivity contribution >= 4 is 36.6 Å². The van der Waals surface area contributed by atoms with Gasteiger partial charge in [-0.2, -0.15) is 8.42 Å². The highest BCUT2D eigenvalue weighted by atomic mass is 32.2. The molecule has 0 aliphatic heterocycles. The van der Waals surface area contributed by atoms with Gasteiger partial charge in [-0.15, -0.1) is 0 Å². The molecule has 0 bridgehead atoms. The SMILES string of the molecule is NS(=O)(=O)c1cc(S(=O)(=O)O)c(NCc2ccco2)cc1S(=O)c1ccccc1. The Kier molecular flexibility index (Phi) is 5.91. The molecule has 0 spiro atoms. The van der Waals surface area contributed by atoms with Crippen molar-refractivity contribution in [2.45, 2.75) is 26.1 Å². The zero-order valence-electron chi connectivity index (χ0n) is 14.7. The van der Waals surface area contributed by atoms with E-state index in [1.165, 1.54) is 18.4 Å². The predicted octanol–water partition coefficient (Wildman–Crippen LogP) is 1.95. The molecular weight excluding hydrogens is 440 g/mol. The van der Waals surface area contributed by atoms with Gasteiger partial charge in [-0.05, 0) is 36.4 Å². The monoisotopic (exact) mass is 456 g/mol. The summed E-state index contributed by atoms with van der Waals surface area (Å²) in [7, 11) is -11.3. The Labute approximate surface area is 169 Å².